The maximum atomic E-state index is 4.54. The monoisotopic (exact) mass is 249 g/mol. The molecular weight excluding hydrogens is 230 g/mol. The highest BCUT2D eigenvalue weighted by Crippen LogP contribution is 2.22. The molecule has 0 aliphatic rings. The van der Waals surface area contributed by atoms with Crippen LogP contribution in [0.4, 0.5) is 0 Å². The molecule has 4 heteroatoms. The zero-order valence-corrected chi connectivity index (χ0v) is 11.7. The van der Waals surface area contributed by atoms with Crippen LogP contribution in [-0.2, 0) is 13.5 Å². The molecule has 0 aliphatic heterocycles. The average Bonchev–Trinajstić information content (AvgIpc) is 2.88. The van der Waals surface area contributed by atoms with Crippen molar-refractivity contribution in [1.82, 2.24) is 14.8 Å². The first kappa shape index (κ1) is 12.3. The van der Waals surface area contributed by atoms with Gasteiger partial charge in [0.15, 0.2) is 0 Å². The van der Waals surface area contributed by atoms with Crippen LogP contribution in [0.15, 0.2) is 17.0 Å². The number of aromatic nitrogens is 3. The van der Waals surface area contributed by atoms with Crippen molar-refractivity contribution in [2.45, 2.75) is 39.0 Å². The van der Waals surface area contributed by atoms with E-state index in [1.807, 2.05) is 17.2 Å². The smallest absolute Gasteiger partial charge is 0.0794 e. The Morgan fingerprint density at radius 2 is 2.06 bits per heavy atom. The van der Waals surface area contributed by atoms with Gasteiger partial charge in [0.2, 0.25) is 0 Å². The summed E-state index contributed by atoms with van der Waals surface area (Å²) in [6.45, 7) is 6.57. The Hall–Kier alpha value is -1.16. The molecule has 92 valence electrons. The van der Waals surface area contributed by atoms with Gasteiger partial charge in [0.05, 0.1) is 16.9 Å². The summed E-state index contributed by atoms with van der Waals surface area (Å²) < 4.78 is 2.00. The summed E-state index contributed by atoms with van der Waals surface area (Å²) in [7, 11) is 2.02. The van der Waals surface area contributed by atoms with Crippen LogP contribution in [0, 0.1) is 0 Å². The molecule has 0 N–H and O–H groups in total. The molecule has 0 aromatic carbocycles. The molecule has 0 radical (unpaired) electrons. The van der Waals surface area contributed by atoms with Crippen molar-refractivity contribution in [3.63, 3.8) is 0 Å². The minimum absolute atomic E-state index is 0.455. The predicted octanol–water partition coefficient (Wildman–Crippen LogP) is 3.35. The van der Waals surface area contributed by atoms with Crippen LogP contribution in [0.25, 0.3) is 0 Å². The van der Waals surface area contributed by atoms with Crippen molar-refractivity contribution in [2.24, 2.45) is 7.05 Å². The SMILES string of the molecule is CC(C)c1cc(CC(C)c2cscn2)n(C)n1. The van der Waals surface area contributed by atoms with Crippen LogP contribution in [0.5, 0.6) is 0 Å². The third-order valence-electron chi connectivity index (χ3n) is 3.06. The Morgan fingerprint density at radius 3 is 2.59 bits per heavy atom. The zero-order valence-electron chi connectivity index (χ0n) is 10.8. The van der Waals surface area contributed by atoms with Gasteiger partial charge in [-0.15, -0.1) is 11.3 Å². The second-order valence-corrected chi connectivity index (χ2v) is 5.58. The zero-order chi connectivity index (χ0) is 12.4. The summed E-state index contributed by atoms with van der Waals surface area (Å²) in [5.74, 6) is 0.946. The van der Waals surface area contributed by atoms with E-state index in [4.69, 9.17) is 0 Å². The van der Waals surface area contributed by atoms with Crippen molar-refractivity contribution in [2.75, 3.05) is 0 Å². The predicted molar refractivity (Wildman–Crippen MR) is 71.5 cm³/mol. The number of hydrogen-bond acceptors (Lipinski definition) is 3. The van der Waals surface area contributed by atoms with Crippen LogP contribution in [-0.4, -0.2) is 14.8 Å². The van der Waals surface area contributed by atoms with E-state index in [1.54, 1.807) is 11.3 Å². The fraction of sp³-hybridized carbons (Fsp3) is 0.538. The Bertz CT molecular complexity index is 471. The van der Waals surface area contributed by atoms with Gasteiger partial charge in [-0.2, -0.15) is 5.10 Å². The standard InChI is InChI=1S/C13H19N3S/c1-9(2)12-6-11(16(4)15-12)5-10(3)13-7-17-8-14-13/h6-10H,5H2,1-4H3. The van der Waals surface area contributed by atoms with E-state index in [0.29, 0.717) is 11.8 Å². The van der Waals surface area contributed by atoms with Crippen molar-refractivity contribution >= 4 is 11.3 Å². The van der Waals surface area contributed by atoms with Crippen LogP contribution in [0.1, 0.15) is 49.7 Å². The van der Waals surface area contributed by atoms with E-state index in [0.717, 1.165) is 6.42 Å². The Labute approximate surface area is 107 Å². The maximum Gasteiger partial charge on any atom is 0.0794 e. The third-order valence-corrected chi connectivity index (χ3v) is 3.66. The van der Waals surface area contributed by atoms with Crippen LogP contribution in [0.3, 0.4) is 0 Å². The lowest BCUT2D eigenvalue weighted by molar-refractivity contribution is 0.640. The molecule has 17 heavy (non-hydrogen) atoms. The van der Waals surface area contributed by atoms with E-state index in [2.05, 4.69) is 42.3 Å². The number of rotatable bonds is 4. The second kappa shape index (κ2) is 5.00. The van der Waals surface area contributed by atoms with E-state index < -0.39 is 0 Å². The molecule has 3 nitrogen and oxygen atoms in total. The van der Waals surface area contributed by atoms with Crippen molar-refractivity contribution in [1.29, 1.82) is 0 Å². The van der Waals surface area contributed by atoms with Gasteiger partial charge in [-0.05, 0) is 18.4 Å². The molecule has 2 aromatic heterocycles. The minimum atomic E-state index is 0.455. The van der Waals surface area contributed by atoms with Gasteiger partial charge in [0.25, 0.3) is 0 Å². The first-order chi connectivity index (χ1) is 8.08. The topological polar surface area (TPSA) is 30.7 Å². The lowest BCUT2D eigenvalue weighted by Gasteiger charge is -2.08. The van der Waals surface area contributed by atoms with Gasteiger partial charge in [0, 0.05) is 24.0 Å². The second-order valence-electron chi connectivity index (χ2n) is 4.86. The fourth-order valence-corrected chi connectivity index (χ4v) is 2.56. The van der Waals surface area contributed by atoms with Gasteiger partial charge in [0.1, 0.15) is 0 Å². The summed E-state index contributed by atoms with van der Waals surface area (Å²) in [6.07, 6.45) is 1.000. The van der Waals surface area contributed by atoms with E-state index in [1.165, 1.54) is 17.1 Å². The summed E-state index contributed by atoms with van der Waals surface area (Å²) in [5.41, 5.74) is 5.54. The molecule has 2 rings (SSSR count). The molecule has 0 amide bonds. The molecule has 0 saturated heterocycles. The van der Waals surface area contributed by atoms with Gasteiger partial charge < -0.3 is 0 Å². The third kappa shape index (κ3) is 2.75. The van der Waals surface area contributed by atoms with Crippen LogP contribution in [0.2, 0.25) is 0 Å². The van der Waals surface area contributed by atoms with Gasteiger partial charge in [-0.25, -0.2) is 4.98 Å². The Balaban J connectivity index is 2.13. The van der Waals surface area contributed by atoms with Gasteiger partial charge in [-0.3, -0.25) is 4.68 Å². The molecule has 0 spiro atoms. The average molecular weight is 249 g/mol. The van der Waals surface area contributed by atoms with Crippen molar-refractivity contribution < 1.29 is 0 Å². The highest BCUT2D eigenvalue weighted by atomic mass is 32.1. The Kier molecular flexibility index (Phi) is 3.62. The molecule has 2 heterocycles. The normalized spacial score (nSPS) is 13.2. The lowest BCUT2D eigenvalue weighted by Crippen LogP contribution is -2.04. The van der Waals surface area contributed by atoms with Gasteiger partial charge >= 0.3 is 0 Å². The molecule has 0 saturated carbocycles. The maximum absolute atomic E-state index is 4.54. The van der Waals surface area contributed by atoms with Crippen LogP contribution >= 0.6 is 11.3 Å². The summed E-state index contributed by atoms with van der Waals surface area (Å²) in [6, 6.07) is 2.22. The number of thiazole rings is 1. The van der Waals surface area contributed by atoms with E-state index >= 15 is 0 Å². The molecule has 0 aliphatic carbocycles. The van der Waals surface area contributed by atoms with Crippen molar-refractivity contribution in [3.05, 3.63) is 34.0 Å². The van der Waals surface area contributed by atoms with Gasteiger partial charge in [-0.1, -0.05) is 20.8 Å². The molecule has 0 fully saturated rings. The quantitative estimate of drug-likeness (QED) is 0.832. The highest BCUT2D eigenvalue weighted by Gasteiger charge is 2.13. The molecule has 0 bridgehead atoms. The summed E-state index contributed by atoms with van der Waals surface area (Å²) in [4.78, 5) is 4.37. The lowest BCUT2D eigenvalue weighted by atomic mass is 10.0. The Morgan fingerprint density at radius 1 is 1.29 bits per heavy atom. The van der Waals surface area contributed by atoms with E-state index in [-0.39, 0.29) is 0 Å². The van der Waals surface area contributed by atoms with Crippen molar-refractivity contribution in [3.8, 4) is 0 Å². The first-order valence-electron chi connectivity index (χ1n) is 5.98. The highest BCUT2D eigenvalue weighted by molar-refractivity contribution is 7.07. The minimum Gasteiger partial charge on any atom is -0.272 e. The number of hydrogen-bond donors (Lipinski definition) is 0. The first-order valence-corrected chi connectivity index (χ1v) is 6.93. The molecule has 1 atom stereocenters. The molecular formula is C13H19N3S. The number of nitrogens with zero attached hydrogens (tertiary/aromatic N) is 3. The van der Waals surface area contributed by atoms with Crippen LogP contribution < -0.4 is 0 Å². The fourth-order valence-electron chi connectivity index (χ4n) is 1.89. The largest absolute Gasteiger partial charge is 0.272 e. The summed E-state index contributed by atoms with van der Waals surface area (Å²) in [5, 5.41) is 6.67. The number of aryl methyl sites for hydroxylation is 1. The molecule has 1 unspecified atom stereocenters. The van der Waals surface area contributed by atoms with E-state index in [9.17, 15) is 0 Å². The molecule has 2 aromatic rings. The summed E-state index contributed by atoms with van der Waals surface area (Å²) >= 11 is 1.66.